The maximum absolute atomic E-state index is 5.56. The van der Waals surface area contributed by atoms with Gasteiger partial charge in [-0.15, -0.1) is 0 Å². The van der Waals surface area contributed by atoms with Crippen molar-refractivity contribution in [1.82, 2.24) is 0 Å². The van der Waals surface area contributed by atoms with E-state index in [1.54, 1.807) is 0 Å². The van der Waals surface area contributed by atoms with Gasteiger partial charge in [-0.3, -0.25) is 0 Å². The van der Waals surface area contributed by atoms with E-state index < -0.39 is 0 Å². The molecule has 1 rings (SSSR count). The van der Waals surface area contributed by atoms with Gasteiger partial charge in [0.25, 0.3) is 0 Å². The third kappa shape index (κ3) is 10.6. The first-order valence-electron chi connectivity index (χ1n) is 7.90. The molecule has 1 fully saturated rings. The molecular formula is C15H30O5. The summed E-state index contributed by atoms with van der Waals surface area (Å²) in [5.74, 6) is 0. The highest BCUT2D eigenvalue weighted by Gasteiger charge is 2.13. The molecule has 0 spiro atoms. The Balaban J connectivity index is 1.70. The zero-order valence-corrected chi connectivity index (χ0v) is 12.8. The molecular weight excluding hydrogens is 260 g/mol. The molecule has 0 aromatic heterocycles. The van der Waals surface area contributed by atoms with Crippen molar-refractivity contribution in [3.8, 4) is 0 Å². The number of unbranched alkanes of at least 4 members (excludes halogenated alkanes) is 1. The number of rotatable bonds is 13. The second-order valence-electron chi connectivity index (χ2n) is 4.86. The van der Waals surface area contributed by atoms with Crippen molar-refractivity contribution >= 4 is 0 Å². The standard InChI is InChI=1S/C15H30O5/c1-2-3-7-16-9-10-17-11-12-18-13-14-20-15-6-4-5-8-19-15/h15H,2-14H2,1H3. The fraction of sp³-hybridized carbons (Fsp3) is 1.00. The third-order valence-corrected chi connectivity index (χ3v) is 3.06. The highest BCUT2D eigenvalue weighted by atomic mass is 16.7. The molecule has 0 N–H and O–H groups in total. The molecule has 0 aromatic carbocycles. The van der Waals surface area contributed by atoms with Crippen LogP contribution in [-0.2, 0) is 23.7 Å². The summed E-state index contributed by atoms with van der Waals surface area (Å²) in [5.41, 5.74) is 0. The van der Waals surface area contributed by atoms with Crippen LogP contribution in [0.4, 0.5) is 0 Å². The van der Waals surface area contributed by atoms with Crippen LogP contribution in [0.25, 0.3) is 0 Å². The van der Waals surface area contributed by atoms with Crippen LogP contribution in [-0.4, -0.2) is 59.1 Å². The summed E-state index contributed by atoms with van der Waals surface area (Å²) < 4.78 is 27.2. The average molecular weight is 290 g/mol. The fourth-order valence-electron chi connectivity index (χ4n) is 1.87. The predicted molar refractivity (Wildman–Crippen MR) is 76.9 cm³/mol. The van der Waals surface area contributed by atoms with Crippen LogP contribution < -0.4 is 0 Å². The summed E-state index contributed by atoms with van der Waals surface area (Å²) in [6.07, 6.45) is 5.61. The van der Waals surface area contributed by atoms with Gasteiger partial charge < -0.3 is 23.7 Å². The third-order valence-electron chi connectivity index (χ3n) is 3.06. The Kier molecular flexibility index (Phi) is 12.3. The van der Waals surface area contributed by atoms with E-state index in [-0.39, 0.29) is 6.29 Å². The van der Waals surface area contributed by atoms with E-state index in [0.29, 0.717) is 39.6 Å². The van der Waals surface area contributed by atoms with E-state index >= 15 is 0 Å². The average Bonchev–Trinajstić information content (AvgIpc) is 2.49. The van der Waals surface area contributed by atoms with E-state index in [1.807, 2.05) is 0 Å². The van der Waals surface area contributed by atoms with Gasteiger partial charge in [0.05, 0.1) is 39.6 Å². The Hall–Kier alpha value is -0.200. The lowest BCUT2D eigenvalue weighted by atomic mass is 10.2. The summed E-state index contributed by atoms with van der Waals surface area (Å²) >= 11 is 0. The number of hydrogen-bond acceptors (Lipinski definition) is 5. The van der Waals surface area contributed by atoms with E-state index in [4.69, 9.17) is 23.7 Å². The zero-order chi connectivity index (χ0) is 14.3. The highest BCUT2D eigenvalue weighted by molar-refractivity contribution is 4.53. The van der Waals surface area contributed by atoms with Crippen molar-refractivity contribution in [2.75, 3.05) is 52.9 Å². The maximum Gasteiger partial charge on any atom is 0.157 e. The molecule has 5 nitrogen and oxygen atoms in total. The van der Waals surface area contributed by atoms with Crippen molar-refractivity contribution in [3.05, 3.63) is 0 Å². The van der Waals surface area contributed by atoms with Gasteiger partial charge in [0.15, 0.2) is 6.29 Å². The summed E-state index contributed by atoms with van der Waals surface area (Å²) in [6.45, 7) is 7.50. The van der Waals surface area contributed by atoms with Gasteiger partial charge in [-0.2, -0.15) is 0 Å². The van der Waals surface area contributed by atoms with Crippen molar-refractivity contribution in [2.24, 2.45) is 0 Å². The van der Waals surface area contributed by atoms with Gasteiger partial charge >= 0.3 is 0 Å². The van der Waals surface area contributed by atoms with Gasteiger partial charge in [-0.05, 0) is 25.7 Å². The first-order valence-corrected chi connectivity index (χ1v) is 7.90. The summed E-state index contributed by atoms with van der Waals surface area (Å²) in [4.78, 5) is 0. The van der Waals surface area contributed by atoms with Crippen LogP contribution in [0.1, 0.15) is 39.0 Å². The van der Waals surface area contributed by atoms with Gasteiger partial charge in [-0.1, -0.05) is 13.3 Å². The van der Waals surface area contributed by atoms with Crippen LogP contribution in [0.2, 0.25) is 0 Å². The van der Waals surface area contributed by atoms with Crippen molar-refractivity contribution in [3.63, 3.8) is 0 Å². The zero-order valence-electron chi connectivity index (χ0n) is 12.8. The van der Waals surface area contributed by atoms with Crippen LogP contribution in [0.3, 0.4) is 0 Å². The first kappa shape index (κ1) is 17.9. The van der Waals surface area contributed by atoms with Crippen molar-refractivity contribution in [2.45, 2.75) is 45.3 Å². The van der Waals surface area contributed by atoms with Gasteiger partial charge in [0.1, 0.15) is 0 Å². The minimum Gasteiger partial charge on any atom is -0.379 e. The topological polar surface area (TPSA) is 46.2 Å². The number of hydrogen-bond donors (Lipinski definition) is 0. The molecule has 1 aliphatic rings. The molecule has 1 aliphatic heterocycles. The Labute approximate surface area is 122 Å². The molecule has 0 aliphatic carbocycles. The van der Waals surface area contributed by atoms with Gasteiger partial charge in [-0.25, -0.2) is 0 Å². The lowest BCUT2D eigenvalue weighted by Gasteiger charge is -2.22. The molecule has 0 bridgehead atoms. The quantitative estimate of drug-likeness (QED) is 0.487. The molecule has 0 saturated carbocycles. The smallest absolute Gasteiger partial charge is 0.157 e. The van der Waals surface area contributed by atoms with Crippen molar-refractivity contribution in [1.29, 1.82) is 0 Å². The molecule has 1 atom stereocenters. The van der Waals surface area contributed by atoms with Crippen LogP contribution >= 0.6 is 0 Å². The number of ether oxygens (including phenoxy) is 5. The molecule has 0 radical (unpaired) electrons. The summed E-state index contributed by atoms with van der Waals surface area (Å²) in [6, 6.07) is 0. The first-order chi connectivity index (χ1) is 9.93. The van der Waals surface area contributed by atoms with E-state index in [0.717, 1.165) is 32.5 Å². The van der Waals surface area contributed by atoms with E-state index in [9.17, 15) is 0 Å². The Bertz CT molecular complexity index is 195. The molecule has 0 aromatic rings. The highest BCUT2D eigenvalue weighted by Crippen LogP contribution is 2.13. The molecule has 20 heavy (non-hydrogen) atoms. The Morgan fingerprint density at radius 1 is 0.850 bits per heavy atom. The molecule has 120 valence electrons. The Morgan fingerprint density at radius 3 is 2.10 bits per heavy atom. The minimum absolute atomic E-state index is 0.0242. The van der Waals surface area contributed by atoms with Crippen molar-refractivity contribution < 1.29 is 23.7 Å². The monoisotopic (exact) mass is 290 g/mol. The van der Waals surface area contributed by atoms with Crippen LogP contribution in [0, 0.1) is 0 Å². The second-order valence-corrected chi connectivity index (χ2v) is 4.86. The van der Waals surface area contributed by atoms with Crippen LogP contribution in [0.5, 0.6) is 0 Å². The van der Waals surface area contributed by atoms with Crippen LogP contribution in [0.15, 0.2) is 0 Å². The largest absolute Gasteiger partial charge is 0.379 e. The molecule has 1 saturated heterocycles. The maximum atomic E-state index is 5.56. The summed E-state index contributed by atoms with van der Waals surface area (Å²) in [5, 5.41) is 0. The summed E-state index contributed by atoms with van der Waals surface area (Å²) in [7, 11) is 0. The fourth-order valence-corrected chi connectivity index (χ4v) is 1.87. The molecule has 1 heterocycles. The van der Waals surface area contributed by atoms with E-state index in [1.165, 1.54) is 12.8 Å². The van der Waals surface area contributed by atoms with Gasteiger partial charge in [0.2, 0.25) is 0 Å². The normalized spacial score (nSPS) is 19.4. The Morgan fingerprint density at radius 2 is 1.50 bits per heavy atom. The molecule has 0 amide bonds. The second kappa shape index (κ2) is 13.8. The molecule has 5 heteroatoms. The van der Waals surface area contributed by atoms with E-state index in [2.05, 4.69) is 6.92 Å². The lowest BCUT2D eigenvalue weighted by molar-refractivity contribution is -0.169. The predicted octanol–water partition coefficient (Wildman–Crippen LogP) is 2.38. The SMILES string of the molecule is CCCCOCCOCCOCCOC1CCCCO1. The molecule has 1 unspecified atom stereocenters. The minimum atomic E-state index is -0.0242. The van der Waals surface area contributed by atoms with Gasteiger partial charge in [0, 0.05) is 13.2 Å². The lowest BCUT2D eigenvalue weighted by Crippen LogP contribution is -2.24.